The first-order chi connectivity index (χ1) is 16.1. The zero-order valence-corrected chi connectivity index (χ0v) is 20.1. The van der Waals surface area contributed by atoms with Gasteiger partial charge in [0.15, 0.2) is 11.0 Å². The highest BCUT2D eigenvalue weighted by Gasteiger charge is 2.26. The number of amides is 2. The fourth-order valence-corrected chi connectivity index (χ4v) is 5.08. The van der Waals surface area contributed by atoms with E-state index in [-0.39, 0.29) is 17.8 Å². The molecule has 0 radical (unpaired) electrons. The molecule has 2 amide bonds. The zero-order chi connectivity index (χ0) is 23.2. The first-order valence-corrected chi connectivity index (χ1v) is 12.4. The molecule has 0 unspecified atom stereocenters. The molecule has 2 aromatic heterocycles. The topological polar surface area (TPSA) is 89.8 Å². The van der Waals surface area contributed by atoms with Crippen LogP contribution in [0.15, 0.2) is 46.9 Å². The van der Waals surface area contributed by atoms with Gasteiger partial charge in [-0.15, -0.1) is 21.5 Å². The Kier molecular flexibility index (Phi) is 7.50. The number of ether oxygens (including phenoxy) is 2. The van der Waals surface area contributed by atoms with Gasteiger partial charge in [-0.2, -0.15) is 0 Å². The van der Waals surface area contributed by atoms with E-state index in [1.165, 1.54) is 11.8 Å². The van der Waals surface area contributed by atoms with Crippen molar-refractivity contribution in [3.63, 3.8) is 0 Å². The molecule has 0 atom stereocenters. The average Bonchev–Trinajstić information content (AvgIpc) is 3.52. The van der Waals surface area contributed by atoms with Crippen LogP contribution in [0.3, 0.4) is 0 Å². The molecule has 3 heterocycles. The maximum absolute atomic E-state index is 12.9. The zero-order valence-electron chi connectivity index (χ0n) is 18.5. The molecule has 0 saturated carbocycles. The number of nitrogens with zero attached hydrogens (tertiary/aromatic N) is 5. The smallest absolute Gasteiger partial charge is 0.409 e. The molecule has 1 fully saturated rings. The van der Waals surface area contributed by atoms with E-state index in [4.69, 9.17) is 9.47 Å². The predicted molar refractivity (Wildman–Crippen MR) is 127 cm³/mol. The summed E-state index contributed by atoms with van der Waals surface area (Å²) < 4.78 is 12.5. The van der Waals surface area contributed by atoms with Gasteiger partial charge in [0.2, 0.25) is 5.91 Å². The molecule has 0 spiro atoms. The highest BCUT2D eigenvalue weighted by atomic mass is 32.2. The maximum atomic E-state index is 12.9. The van der Waals surface area contributed by atoms with Gasteiger partial charge in [-0.3, -0.25) is 9.36 Å². The van der Waals surface area contributed by atoms with Crippen LogP contribution in [0.2, 0.25) is 0 Å². The standard InChI is InChI=1S/C22H25N5O4S2/c1-3-31-22(29)26-12-10-25(11-13-26)19(28)15-33-21-24-23-20(18-9-6-14-32-18)27(21)16-7-4-5-8-17(16)30-2/h4-9,14H,3,10-13,15H2,1-2H3. The number of para-hydroxylation sites is 2. The van der Waals surface area contributed by atoms with Crippen LogP contribution >= 0.6 is 23.1 Å². The van der Waals surface area contributed by atoms with Gasteiger partial charge in [0.25, 0.3) is 0 Å². The van der Waals surface area contributed by atoms with Gasteiger partial charge in [-0.25, -0.2) is 4.79 Å². The van der Waals surface area contributed by atoms with Crippen LogP contribution in [-0.2, 0) is 9.53 Å². The third kappa shape index (κ3) is 5.14. The first-order valence-electron chi connectivity index (χ1n) is 10.6. The molecule has 33 heavy (non-hydrogen) atoms. The average molecular weight is 488 g/mol. The van der Waals surface area contributed by atoms with E-state index in [1.807, 2.05) is 46.3 Å². The van der Waals surface area contributed by atoms with Crippen LogP contribution < -0.4 is 4.74 Å². The third-order valence-corrected chi connectivity index (χ3v) is 6.96. The molecule has 4 rings (SSSR count). The van der Waals surface area contributed by atoms with Crippen molar-refractivity contribution in [2.75, 3.05) is 45.6 Å². The second kappa shape index (κ2) is 10.7. The Morgan fingerprint density at radius 1 is 1.06 bits per heavy atom. The minimum Gasteiger partial charge on any atom is -0.495 e. The molecule has 9 nitrogen and oxygen atoms in total. The first kappa shape index (κ1) is 23.1. The number of piperazine rings is 1. The van der Waals surface area contributed by atoms with Crippen molar-refractivity contribution in [1.29, 1.82) is 0 Å². The minimum absolute atomic E-state index is 0.00393. The minimum atomic E-state index is -0.329. The van der Waals surface area contributed by atoms with Crippen LogP contribution in [0.1, 0.15) is 6.92 Å². The summed E-state index contributed by atoms with van der Waals surface area (Å²) in [6, 6.07) is 11.6. The molecule has 3 aromatic rings. The van der Waals surface area contributed by atoms with E-state index in [2.05, 4.69) is 10.2 Å². The number of carbonyl (C=O) groups excluding carboxylic acids is 2. The second-order valence-electron chi connectivity index (χ2n) is 7.15. The van der Waals surface area contributed by atoms with Crippen molar-refractivity contribution in [2.24, 2.45) is 0 Å². The number of thioether (sulfide) groups is 1. The lowest BCUT2D eigenvalue weighted by molar-refractivity contribution is -0.129. The molecule has 1 aliphatic heterocycles. The van der Waals surface area contributed by atoms with Crippen molar-refractivity contribution in [3.8, 4) is 22.1 Å². The van der Waals surface area contributed by atoms with Gasteiger partial charge in [0, 0.05) is 26.2 Å². The lowest BCUT2D eigenvalue weighted by atomic mass is 10.3. The van der Waals surface area contributed by atoms with Crippen LogP contribution in [0, 0.1) is 0 Å². The van der Waals surface area contributed by atoms with Gasteiger partial charge in [0.05, 0.1) is 30.0 Å². The molecule has 0 N–H and O–H groups in total. The number of thiophene rings is 1. The Hall–Kier alpha value is -3.05. The molecule has 1 saturated heterocycles. The summed E-state index contributed by atoms with van der Waals surface area (Å²) in [5.74, 6) is 1.61. The Bertz CT molecular complexity index is 1090. The number of aromatic nitrogens is 3. The lowest BCUT2D eigenvalue weighted by Crippen LogP contribution is -2.51. The second-order valence-corrected chi connectivity index (χ2v) is 9.04. The van der Waals surface area contributed by atoms with Crippen LogP contribution in [-0.4, -0.2) is 82.2 Å². The van der Waals surface area contributed by atoms with E-state index < -0.39 is 0 Å². The fraction of sp³-hybridized carbons (Fsp3) is 0.364. The molecule has 174 valence electrons. The van der Waals surface area contributed by atoms with Crippen LogP contribution in [0.25, 0.3) is 16.4 Å². The summed E-state index contributed by atoms with van der Waals surface area (Å²) in [4.78, 5) is 29.1. The third-order valence-electron chi connectivity index (χ3n) is 5.18. The highest BCUT2D eigenvalue weighted by molar-refractivity contribution is 7.99. The summed E-state index contributed by atoms with van der Waals surface area (Å²) in [5.41, 5.74) is 0.811. The van der Waals surface area contributed by atoms with Gasteiger partial charge in [0.1, 0.15) is 5.75 Å². The van der Waals surface area contributed by atoms with Crippen molar-refractivity contribution in [3.05, 3.63) is 41.8 Å². The molecule has 11 heteroatoms. The maximum Gasteiger partial charge on any atom is 0.409 e. The lowest BCUT2D eigenvalue weighted by Gasteiger charge is -2.34. The Morgan fingerprint density at radius 3 is 2.52 bits per heavy atom. The van der Waals surface area contributed by atoms with Crippen molar-refractivity contribution < 1.29 is 19.1 Å². The van der Waals surface area contributed by atoms with E-state index >= 15 is 0 Å². The van der Waals surface area contributed by atoms with Crippen molar-refractivity contribution >= 4 is 35.1 Å². The summed E-state index contributed by atoms with van der Waals surface area (Å²) >= 11 is 2.91. The van der Waals surface area contributed by atoms with Crippen LogP contribution in [0.4, 0.5) is 4.79 Å². The van der Waals surface area contributed by atoms with Crippen LogP contribution in [0.5, 0.6) is 5.75 Å². The summed E-state index contributed by atoms with van der Waals surface area (Å²) in [6.45, 7) is 4.03. The Balaban J connectivity index is 1.49. The van der Waals surface area contributed by atoms with E-state index in [0.29, 0.717) is 49.5 Å². The van der Waals surface area contributed by atoms with E-state index in [9.17, 15) is 9.59 Å². The van der Waals surface area contributed by atoms with Gasteiger partial charge in [-0.05, 0) is 30.5 Å². The van der Waals surface area contributed by atoms with E-state index in [0.717, 1.165) is 10.6 Å². The summed E-state index contributed by atoms with van der Waals surface area (Å²) in [6.07, 6.45) is -0.329. The van der Waals surface area contributed by atoms with Gasteiger partial charge >= 0.3 is 6.09 Å². The normalized spacial score (nSPS) is 13.8. The van der Waals surface area contributed by atoms with Crippen molar-refractivity contribution in [1.82, 2.24) is 24.6 Å². The molecule has 1 aliphatic rings. The molecule has 0 aliphatic carbocycles. The molecule has 1 aromatic carbocycles. The number of hydrogen-bond acceptors (Lipinski definition) is 8. The molecular weight excluding hydrogens is 462 g/mol. The molecule has 0 bridgehead atoms. The molecular formula is C22H25N5O4S2. The predicted octanol–water partition coefficient (Wildman–Crippen LogP) is 3.40. The van der Waals surface area contributed by atoms with Crippen molar-refractivity contribution in [2.45, 2.75) is 12.1 Å². The number of hydrogen-bond donors (Lipinski definition) is 0. The van der Waals surface area contributed by atoms with Gasteiger partial charge in [-0.1, -0.05) is 30.0 Å². The summed E-state index contributed by atoms with van der Waals surface area (Å²) in [7, 11) is 1.63. The SMILES string of the molecule is CCOC(=O)N1CCN(C(=O)CSc2nnc(-c3cccs3)n2-c2ccccc2OC)CC1. The van der Waals surface area contributed by atoms with Gasteiger partial charge < -0.3 is 19.3 Å². The largest absolute Gasteiger partial charge is 0.495 e. The monoisotopic (exact) mass is 487 g/mol. The quantitative estimate of drug-likeness (QED) is 0.472. The number of benzene rings is 1. The number of rotatable bonds is 7. The highest BCUT2D eigenvalue weighted by Crippen LogP contribution is 2.34. The summed E-state index contributed by atoms with van der Waals surface area (Å²) in [5, 5.41) is 11.4. The Labute approximate surface area is 200 Å². The Morgan fingerprint density at radius 2 is 1.82 bits per heavy atom. The number of carbonyl (C=O) groups is 2. The fourth-order valence-electron chi connectivity index (χ4n) is 3.53. The van der Waals surface area contributed by atoms with E-state index in [1.54, 1.807) is 35.2 Å². The number of methoxy groups -OCH3 is 1.